The number of hydrogen-bond donors (Lipinski definition) is 1. The van der Waals surface area contributed by atoms with Crippen LogP contribution in [0, 0.1) is 0 Å². The number of ether oxygens (including phenoxy) is 1. The van der Waals surface area contributed by atoms with Crippen molar-refractivity contribution < 1.29 is 22.7 Å². The van der Waals surface area contributed by atoms with Crippen LogP contribution < -0.4 is 5.32 Å². The predicted octanol–water partition coefficient (Wildman–Crippen LogP) is 3.12. The summed E-state index contributed by atoms with van der Waals surface area (Å²) < 4.78 is 41.9. The first-order valence-corrected chi connectivity index (χ1v) is 5.79. The highest BCUT2D eigenvalue weighted by Crippen LogP contribution is 2.32. The standard InChI is InChI=1S/C11H12ClF3N2O2/c1-3-19-10(18)6(2)17-9-8(12)4-7(5-16-9)11(13,14)15/h4-6H,3H2,1-2H3,(H,16,17). The fourth-order valence-corrected chi connectivity index (χ4v) is 1.45. The van der Waals surface area contributed by atoms with E-state index in [2.05, 4.69) is 10.3 Å². The van der Waals surface area contributed by atoms with E-state index in [0.717, 1.165) is 6.07 Å². The molecule has 1 aromatic rings. The SMILES string of the molecule is CCOC(=O)C(C)Nc1ncc(C(F)(F)F)cc1Cl. The molecule has 1 atom stereocenters. The zero-order valence-corrected chi connectivity index (χ0v) is 11.0. The van der Waals surface area contributed by atoms with Gasteiger partial charge >= 0.3 is 12.1 Å². The van der Waals surface area contributed by atoms with Crippen LogP contribution in [-0.4, -0.2) is 23.6 Å². The molecule has 0 spiro atoms. The van der Waals surface area contributed by atoms with Crippen LogP contribution >= 0.6 is 11.6 Å². The van der Waals surface area contributed by atoms with Crippen molar-refractivity contribution in [2.75, 3.05) is 11.9 Å². The van der Waals surface area contributed by atoms with Crippen LogP contribution in [0.5, 0.6) is 0 Å². The average Bonchev–Trinajstić information content (AvgIpc) is 2.30. The maximum atomic E-state index is 12.4. The molecule has 1 aromatic heterocycles. The zero-order valence-electron chi connectivity index (χ0n) is 10.2. The summed E-state index contributed by atoms with van der Waals surface area (Å²) in [6.07, 6.45) is -3.87. The van der Waals surface area contributed by atoms with Crippen LogP contribution in [-0.2, 0) is 15.7 Å². The molecule has 1 unspecified atom stereocenters. The number of aromatic nitrogens is 1. The fraction of sp³-hybridized carbons (Fsp3) is 0.455. The quantitative estimate of drug-likeness (QED) is 0.867. The lowest BCUT2D eigenvalue weighted by molar-refractivity contribution is -0.143. The average molecular weight is 297 g/mol. The minimum atomic E-state index is -4.51. The first-order valence-electron chi connectivity index (χ1n) is 5.41. The van der Waals surface area contributed by atoms with E-state index in [-0.39, 0.29) is 17.4 Å². The third-order valence-electron chi connectivity index (χ3n) is 2.16. The molecule has 0 aliphatic carbocycles. The van der Waals surface area contributed by atoms with Crippen molar-refractivity contribution in [1.82, 2.24) is 4.98 Å². The lowest BCUT2D eigenvalue weighted by Gasteiger charge is -2.15. The number of carbonyl (C=O) groups is 1. The van der Waals surface area contributed by atoms with Gasteiger partial charge in [-0.15, -0.1) is 0 Å². The van der Waals surface area contributed by atoms with E-state index in [0.29, 0.717) is 6.20 Å². The summed E-state index contributed by atoms with van der Waals surface area (Å²) >= 11 is 5.68. The molecule has 1 heterocycles. The van der Waals surface area contributed by atoms with Gasteiger partial charge in [-0.25, -0.2) is 9.78 Å². The Hall–Kier alpha value is -1.50. The van der Waals surface area contributed by atoms with E-state index in [1.165, 1.54) is 6.92 Å². The molecule has 1 rings (SSSR count). The number of rotatable bonds is 4. The van der Waals surface area contributed by atoms with E-state index >= 15 is 0 Å². The Morgan fingerprint density at radius 1 is 1.58 bits per heavy atom. The Kier molecular flexibility index (Phi) is 4.99. The van der Waals surface area contributed by atoms with Gasteiger partial charge < -0.3 is 10.1 Å². The Morgan fingerprint density at radius 3 is 2.68 bits per heavy atom. The molecule has 0 aliphatic rings. The summed E-state index contributed by atoms with van der Waals surface area (Å²) in [5, 5.41) is 2.37. The van der Waals surface area contributed by atoms with Gasteiger partial charge in [0.25, 0.3) is 0 Å². The third-order valence-corrected chi connectivity index (χ3v) is 2.45. The minimum Gasteiger partial charge on any atom is -0.464 e. The van der Waals surface area contributed by atoms with Gasteiger partial charge in [0.05, 0.1) is 17.2 Å². The molecule has 19 heavy (non-hydrogen) atoms. The molecule has 1 N–H and O–H groups in total. The normalized spacial score (nSPS) is 12.9. The molecule has 0 aromatic carbocycles. The second kappa shape index (κ2) is 6.10. The first-order chi connectivity index (χ1) is 8.75. The highest BCUT2D eigenvalue weighted by molar-refractivity contribution is 6.33. The second-order valence-electron chi connectivity index (χ2n) is 3.67. The first kappa shape index (κ1) is 15.6. The Labute approximate surface area is 112 Å². The van der Waals surface area contributed by atoms with Crippen LogP contribution in [0.2, 0.25) is 5.02 Å². The van der Waals surface area contributed by atoms with Crippen molar-refractivity contribution in [3.63, 3.8) is 0 Å². The highest BCUT2D eigenvalue weighted by atomic mass is 35.5. The van der Waals surface area contributed by atoms with Gasteiger partial charge in [-0.05, 0) is 19.9 Å². The Morgan fingerprint density at radius 2 is 2.21 bits per heavy atom. The Balaban J connectivity index is 2.83. The predicted molar refractivity (Wildman–Crippen MR) is 64.0 cm³/mol. The van der Waals surface area contributed by atoms with Gasteiger partial charge in [-0.2, -0.15) is 13.2 Å². The monoisotopic (exact) mass is 296 g/mol. The number of carbonyl (C=O) groups excluding carboxylic acids is 1. The maximum Gasteiger partial charge on any atom is 0.417 e. The number of hydrogen-bond acceptors (Lipinski definition) is 4. The third kappa shape index (κ3) is 4.27. The molecule has 0 amide bonds. The van der Waals surface area contributed by atoms with Crippen LogP contribution in [0.25, 0.3) is 0 Å². The Bertz CT molecular complexity index is 466. The van der Waals surface area contributed by atoms with Crippen LogP contribution in [0.3, 0.4) is 0 Å². The molecule has 4 nitrogen and oxygen atoms in total. The molecule has 0 saturated carbocycles. The largest absolute Gasteiger partial charge is 0.464 e. The summed E-state index contributed by atoms with van der Waals surface area (Å²) in [5.74, 6) is -0.546. The minimum absolute atomic E-state index is 0.00443. The summed E-state index contributed by atoms with van der Waals surface area (Å²) in [6.45, 7) is 3.35. The lowest BCUT2D eigenvalue weighted by Crippen LogP contribution is -2.28. The van der Waals surface area contributed by atoms with E-state index in [1.807, 2.05) is 0 Å². The van der Waals surface area contributed by atoms with E-state index in [1.54, 1.807) is 6.92 Å². The van der Waals surface area contributed by atoms with Gasteiger partial charge in [0, 0.05) is 6.20 Å². The molecular weight excluding hydrogens is 285 g/mol. The molecule has 0 aliphatic heterocycles. The number of nitrogens with zero attached hydrogens (tertiary/aromatic N) is 1. The smallest absolute Gasteiger partial charge is 0.417 e. The van der Waals surface area contributed by atoms with Gasteiger partial charge in [0.1, 0.15) is 11.9 Å². The zero-order chi connectivity index (χ0) is 14.6. The number of halogens is 4. The highest BCUT2D eigenvalue weighted by Gasteiger charge is 2.31. The molecule has 8 heteroatoms. The van der Waals surface area contributed by atoms with Gasteiger partial charge in [0.2, 0.25) is 0 Å². The van der Waals surface area contributed by atoms with Gasteiger partial charge in [0.15, 0.2) is 0 Å². The van der Waals surface area contributed by atoms with Crippen molar-refractivity contribution in [2.24, 2.45) is 0 Å². The summed E-state index contributed by atoms with van der Waals surface area (Å²) in [7, 11) is 0. The van der Waals surface area contributed by atoms with Gasteiger partial charge in [-0.3, -0.25) is 0 Å². The molecule has 0 radical (unpaired) electrons. The van der Waals surface area contributed by atoms with Crippen LogP contribution in [0.4, 0.5) is 19.0 Å². The summed E-state index contributed by atoms with van der Waals surface area (Å²) in [6, 6.07) is -0.0175. The van der Waals surface area contributed by atoms with Crippen LogP contribution in [0.15, 0.2) is 12.3 Å². The van der Waals surface area contributed by atoms with E-state index < -0.39 is 23.8 Å². The summed E-state index contributed by atoms with van der Waals surface area (Å²) in [5.41, 5.74) is -0.952. The van der Waals surface area contributed by atoms with Crippen molar-refractivity contribution in [3.05, 3.63) is 22.8 Å². The van der Waals surface area contributed by atoms with Crippen molar-refractivity contribution in [3.8, 4) is 0 Å². The van der Waals surface area contributed by atoms with Gasteiger partial charge in [-0.1, -0.05) is 11.6 Å². The maximum absolute atomic E-state index is 12.4. The molecule has 0 bridgehead atoms. The fourth-order valence-electron chi connectivity index (χ4n) is 1.23. The molecule has 0 fully saturated rings. The lowest BCUT2D eigenvalue weighted by atomic mass is 10.2. The van der Waals surface area contributed by atoms with E-state index in [9.17, 15) is 18.0 Å². The van der Waals surface area contributed by atoms with E-state index in [4.69, 9.17) is 16.3 Å². The second-order valence-corrected chi connectivity index (χ2v) is 4.08. The molecular formula is C11H12ClF3N2O2. The molecule has 106 valence electrons. The topological polar surface area (TPSA) is 51.2 Å². The number of pyridine rings is 1. The number of anilines is 1. The van der Waals surface area contributed by atoms with Crippen molar-refractivity contribution in [1.29, 1.82) is 0 Å². The number of nitrogens with one attached hydrogen (secondary N) is 1. The number of alkyl halides is 3. The summed E-state index contributed by atoms with van der Waals surface area (Å²) in [4.78, 5) is 14.9. The number of esters is 1. The van der Waals surface area contributed by atoms with Crippen LogP contribution in [0.1, 0.15) is 19.4 Å². The van der Waals surface area contributed by atoms with Crippen molar-refractivity contribution >= 4 is 23.4 Å². The molecule has 0 saturated heterocycles. The van der Waals surface area contributed by atoms with Crippen molar-refractivity contribution in [2.45, 2.75) is 26.1 Å².